The first-order chi connectivity index (χ1) is 9.93. The summed E-state index contributed by atoms with van der Waals surface area (Å²) in [4.78, 5) is 32.2. The molecule has 1 rings (SSSR count). The molecule has 0 fully saturated rings. The molecule has 0 saturated carbocycles. The molecule has 1 aromatic rings. The Morgan fingerprint density at radius 1 is 1.29 bits per heavy atom. The Morgan fingerprint density at radius 3 is 2.38 bits per heavy atom. The Kier molecular flexibility index (Phi) is 6.08. The number of nitro benzene ring substituents is 1. The SMILES string of the molecule is O=C(NCc1ccc([N+](=O)[O-])cc1)N[C@H](CCO)C(=O)O. The predicted octanol–water partition coefficient (Wildman–Crippen LogP) is 0.230. The molecule has 0 unspecified atom stereocenters. The number of amides is 2. The average molecular weight is 297 g/mol. The van der Waals surface area contributed by atoms with E-state index in [2.05, 4.69) is 10.6 Å². The number of non-ortho nitro benzene ring substituents is 1. The highest BCUT2D eigenvalue weighted by Crippen LogP contribution is 2.11. The number of aliphatic carboxylic acids is 1. The zero-order valence-corrected chi connectivity index (χ0v) is 11.0. The molecule has 4 N–H and O–H groups in total. The lowest BCUT2D eigenvalue weighted by atomic mass is 10.2. The molecular weight excluding hydrogens is 282 g/mol. The number of hydrogen-bond acceptors (Lipinski definition) is 5. The van der Waals surface area contributed by atoms with Crippen LogP contribution in [0.3, 0.4) is 0 Å². The third kappa shape index (κ3) is 5.45. The van der Waals surface area contributed by atoms with Crippen molar-refractivity contribution in [1.29, 1.82) is 0 Å². The molecule has 0 bridgehead atoms. The predicted molar refractivity (Wildman–Crippen MR) is 71.6 cm³/mol. The molecule has 0 heterocycles. The number of aliphatic hydroxyl groups excluding tert-OH is 1. The van der Waals surface area contributed by atoms with Gasteiger partial charge in [0, 0.05) is 31.7 Å². The van der Waals surface area contributed by atoms with Crippen molar-refractivity contribution in [3.05, 3.63) is 39.9 Å². The van der Waals surface area contributed by atoms with E-state index in [-0.39, 0.29) is 25.3 Å². The fourth-order valence-corrected chi connectivity index (χ4v) is 1.51. The number of carboxylic acid groups (broad SMARTS) is 1. The molecular formula is C12H15N3O6. The highest BCUT2D eigenvalue weighted by atomic mass is 16.6. The van der Waals surface area contributed by atoms with Gasteiger partial charge < -0.3 is 20.8 Å². The largest absolute Gasteiger partial charge is 0.480 e. The standard InChI is InChI=1S/C12H15N3O6/c16-6-5-10(11(17)18)14-12(19)13-7-8-1-3-9(4-2-8)15(20)21/h1-4,10,16H,5-7H2,(H,17,18)(H2,13,14,19)/t10-/m1/s1. The molecule has 0 aromatic heterocycles. The van der Waals surface area contributed by atoms with Gasteiger partial charge in [0.15, 0.2) is 0 Å². The van der Waals surface area contributed by atoms with Gasteiger partial charge in [0.2, 0.25) is 0 Å². The lowest BCUT2D eigenvalue weighted by Gasteiger charge is -2.14. The van der Waals surface area contributed by atoms with Gasteiger partial charge in [-0.3, -0.25) is 10.1 Å². The molecule has 9 nitrogen and oxygen atoms in total. The number of nitrogens with one attached hydrogen (secondary N) is 2. The zero-order valence-electron chi connectivity index (χ0n) is 11.0. The molecule has 0 radical (unpaired) electrons. The van der Waals surface area contributed by atoms with Crippen LogP contribution >= 0.6 is 0 Å². The van der Waals surface area contributed by atoms with Gasteiger partial charge >= 0.3 is 12.0 Å². The van der Waals surface area contributed by atoms with Crippen LogP contribution < -0.4 is 10.6 Å². The Bertz CT molecular complexity index is 516. The van der Waals surface area contributed by atoms with Crippen molar-refractivity contribution < 1.29 is 24.7 Å². The maximum absolute atomic E-state index is 11.5. The number of nitrogens with zero attached hydrogens (tertiary/aromatic N) is 1. The van der Waals surface area contributed by atoms with Gasteiger partial charge in [-0.15, -0.1) is 0 Å². The van der Waals surface area contributed by atoms with Crippen LogP contribution in [-0.4, -0.2) is 39.8 Å². The van der Waals surface area contributed by atoms with Crippen molar-refractivity contribution in [2.24, 2.45) is 0 Å². The van der Waals surface area contributed by atoms with Gasteiger partial charge in [-0.1, -0.05) is 12.1 Å². The Balaban J connectivity index is 2.48. The molecule has 9 heteroatoms. The minimum Gasteiger partial charge on any atom is -0.480 e. The van der Waals surface area contributed by atoms with Crippen LogP contribution in [0.2, 0.25) is 0 Å². The minimum atomic E-state index is -1.24. The summed E-state index contributed by atoms with van der Waals surface area (Å²) in [6.45, 7) is -0.269. The van der Waals surface area contributed by atoms with Gasteiger partial charge in [-0.05, 0) is 5.56 Å². The summed E-state index contributed by atoms with van der Waals surface area (Å²) in [5.74, 6) is -1.24. The number of carbonyl (C=O) groups is 2. The van der Waals surface area contributed by atoms with E-state index in [1.807, 2.05) is 0 Å². The van der Waals surface area contributed by atoms with Gasteiger partial charge in [0.05, 0.1) is 4.92 Å². The Morgan fingerprint density at radius 2 is 1.90 bits per heavy atom. The second-order valence-electron chi connectivity index (χ2n) is 4.15. The molecule has 1 aromatic carbocycles. The fourth-order valence-electron chi connectivity index (χ4n) is 1.51. The minimum absolute atomic E-state index is 0.0583. The van der Waals surface area contributed by atoms with Crippen molar-refractivity contribution in [1.82, 2.24) is 10.6 Å². The molecule has 0 saturated heterocycles. The van der Waals surface area contributed by atoms with Gasteiger partial charge in [-0.25, -0.2) is 9.59 Å². The van der Waals surface area contributed by atoms with E-state index in [0.717, 1.165) is 0 Å². The fraction of sp³-hybridized carbons (Fsp3) is 0.333. The quantitative estimate of drug-likeness (QED) is 0.419. The molecule has 21 heavy (non-hydrogen) atoms. The highest BCUT2D eigenvalue weighted by molar-refractivity contribution is 5.82. The van der Waals surface area contributed by atoms with Gasteiger partial charge in [0.1, 0.15) is 6.04 Å². The molecule has 0 aliphatic heterocycles. The highest BCUT2D eigenvalue weighted by Gasteiger charge is 2.18. The number of hydrogen-bond donors (Lipinski definition) is 4. The first-order valence-electron chi connectivity index (χ1n) is 6.05. The van der Waals surface area contributed by atoms with Gasteiger partial charge in [-0.2, -0.15) is 0 Å². The van der Waals surface area contributed by atoms with E-state index < -0.39 is 23.0 Å². The number of carboxylic acids is 1. The van der Waals surface area contributed by atoms with Gasteiger partial charge in [0.25, 0.3) is 5.69 Å². The van der Waals surface area contributed by atoms with Crippen molar-refractivity contribution in [2.75, 3.05) is 6.61 Å². The molecule has 1 atom stereocenters. The molecule has 0 aliphatic carbocycles. The van der Waals surface area contributed by atoms with Crippen LogP contribution in [-0.2, 0) is 11.3 Å². The maximum atomic E-state index is 11.5. The van der Waals surface area contributed by atoms with E-state index in [4.69, 9.17) is 10.2 Å². The zero-order chi connectivity index (χ0) is 15.8. The van der Waals surface area contributed by atoms with Crippen LogP contribution in [0.4, 0.5) is 10.5 Å². The average Bonchev–Trinajstić information content (AvgIpc) is 2.45. The molecule has 2 amide bonds. The van der Waals surface area contributed by atoms with E-state index in [0.29, 0.717) is 5.56 Å². The van der Waals surface area contributed by atoms with E-state index in [9.17, 15) is 19.7 Å². The van der Waals surface area contributed by atoms with E-state index in [1.54, 1.807) is 0 Å². The van der Waals surface area contributed by atoms with Crippen LogP contribution in [0.5, 0.6) is 0 Å². The van der Waals surface area contributed by atoms with Crippen molar-refractivity contribution in [2.45, 2.75) is 19.0 Å². The summed E-state index contributed by atoms with van der Waals surface area (Å²) in [5.41, 5.74) is 0.571. The summed E-state index contributed by atoms with van der Waals surface area (Å²) >= 11 is 0. The summed E-state index contributed by atoms with van der Waals surface area (Å²) in [6.07, 6.45) is -0.0969. The number of rotatable bonds is 7. The summed E-state index contributed by atoms with van der Waals surface area (Å²) < 4.78 is 0. The third-order valence-electron chi connectivity index (χ3n) is 2.62. The normalized spacial score (nSPS) is 11.5. The lowest BCUT2D eigenvalue weighted by Crippen LogP contribution is -2.46. The first-order valence-corrected chi connectivity index (χ1v) is 6.05. The summed E-state index contributed by atoms with van der Waals surface area (Å²) in [5, 5.41) is 32.6. The topological polar surface area (TPSA) is 142 Å². The molecule has 0 spiro atoms. The number of carbonyl (C=O) groups excluding carboxylic acids is 1. The maximum Gasteiger partial charge on any atom is 0.326 e. The molecule has 114 valence electrons. The first kappa shape index (κ1) is 16.4. The monoisotopic (exact) mass is 297 g/mol. The smallest absolute Gasteiger partial charge is 0.326 e. The van der Waals surface area contributed by atoms with Crippen molar-refractivity contribution >= 4 is 17.7 Å². The lowest BCUT2D eigenvalue weighted by molar-refractivity contribution is -0.384. The second kappa shape index (κ2) is 7.80. The van der Waals surface area contributed by atoms with Crippen molar-refractivity contribution in [3.63, 3.8) is 0 Å². The number of aliphatic hydroxyl groups is 1. The molecule has 0 aliphatic rings. The van der Waals surface area contributed by atoms with E-state index >= 15 is 0 Å². The van der Waals surface area contributed by atoms with Crippen LogP contribution in [0.1, 0.15) is 12.0 Å². The van der Waals surface area contributed by atoms with E-state index in [1.165, 1.54) is 24.3 Å². The van der Waals surface area contributed by atoms with Crippen LogP contribution in [0.15, 0.2) is 24.3 Å². The summed E-state index contributed by atoms with van der Waals surface area (Å²) in [7, 11) is 0. The van der Waals surface area contributed by atoms with Crippen molar-refractivity contribution in [3.8, 4) is 0 Å². The second-order valence-corrected chi connectivity index (χ2v) is 4.15. The van der Waals surface area contributed by atoms with Crippen LogP contribution in [0, 0.1) is 10.1 Å². The number of nitro groups is 1. The summed E-state index contributed by atoms with van der Waals surface area (Å²) in [6, 6.07) is 3.71. The third-order valence-corrected chi connectivity index (χ3v) is 2.62. The Labute approximate surface area is 119 Å². The Hall–Kier alpha value is -2.68. The van der Waals surface area contributed by atoms with Crippen LogP contribution in [0.25, 0.3) is 0 Å². The number of urea groups is 1. The number of benzene rings is 1.